The number of carbonyl (C=O) groups excluding carboxylic acids is 1. The van der Waals surface area contributed by atoms with Crippen molar-refractivity contribution in [2.45, 2.75) is 31.2 Å². The van der Waals surface area contributed by atoms with Gasteiger partial charge in [-0.25, -0.2) is 4.98 Å². The molecular formula is C23H25F3N4OS. The molecule has 1 aliphatic heterocycles. The fourth-order valence-corrected chi connectivity index (χ4v) is 4.84. The summed E-state index contributed by atoms with van der Waals surface area (Å²) in [6.07, 6.45) is -3.65. The zero-order chi connectivity index (χ0) is 22.7. The third kappa shape index (κ3) is 4.87. The predicted octanol–water partition coefficient (Wildman–Crippen LogP) is 4.91. The molecule has 1 saturated heterocycles. The van der Waals surface area contributed by atoms with Crippen LogP contribution in [0.1, 0.15) is 18.9 Å². The first-order chi connectivity index (χ1) is 15.4. The summed E-state index contributed by atoms with van der Waals surface area (Å²) >= 11 is 1.29. The monoisotopic (exact) mass is 462 g/mol. The van der Waals surface area contributed by atoms with Crippen molar-refractivity contribution in [2.75, 3.05) is 36.8 Å². The van der Waals surface area contributed by atoms with Gasteiger partial charge < -0.3 is 14.4 Å². The minimum Gasteiger partial charge on any atom is -0.368 e. The smallest absolute Gasteiger partial charge is 0.368 e. The Morgan fingerprint density at radius 1 is 1.06 bits per heavy atom. The number of hydrogen-bond acceptors (Lipinski definition) is 4. The number of amides is 1. The fraction of sp³-hybridized carbons (Fsp3) is 0.391. The van der Waals surface area contributed by atoms with Crippen LogP contribution >= 0.6 is 11.8 Å². The first-order valence-corrected chi connectivity index (χ1v) is 11.6. The van der Waals surface area contributed by atoms with Crippen molar-refractivity contribution in [1.29, 1.82) is 0 Å². The van der Waals surface area contributed by atoms with Gasteiger partial charge in [0.2, 0.25) is 5.91 Å². The van der Waals surface area contributed by atoms with E-state index in [1.54, 1.807) is 4.57 Å². The molecule has 0 saturated carbocycles. The summed E-state index contributed by atoms with van der Waals surface area (Å²) in [5.41, 5.74) is 1.43. The van der Waals surface area contributed by atoms with Crippen molar-refractivity contribution in [3.8, 4) is 0 Å². The van der Waals surface area contributed by atoms with Crippen LogP contribution in [0.3, 0.4) is 0 Å². The maximum atomic E-state index is 13.1. The first-order valence-electron chi connectivity index (χ1n) is 10.6. The number of carbonyl (C=O) groups is 1. The number of rotatable bonds is 6. The molecule has 1 fully saturated rings. The van der Waals surface area contributed by atoms with E-state index in [1.807, 2.05) is 30.0 Å². The van der Waals surface area contributed by atoms with Gasteiger partial charge in [-0.15, -0.1) is 0 Å². The quantitative estimate of drug-likeness (QED) is 0.489. The van der Waals surface area contributed by atoms with Crippen LogP contribution in [-0.4, -0.2) is 52.3 Å². The Morgan fingerprint density at radius 3 is 2.44 bits per heavy atom. The number of benzene rings is 2. The molecule has 0 N–H and O–H groups in total. The summed E-state index contributed by atoms with van der Waals surface area (Å²) in [5, 5.41) is 0.581. The highest BCUT2D eigenvalue weighted by Gasteiger charge is 2.31. The Kier molecular flexibility index (Phi) is 6.64. The van der Waals surface area contributed by atoms with Crippen molar-refractivity contribution in [3.63, 3.8) is 0 Å². The number of para-hydroxylation sites is 1. The van der Waals surface area contributed by atoms with E-state index in [9.17, 15) is 18.0 Å². The number of halogens is 3. The summed E-state index contributed by atoms with van der Waals surface area (Å²) in [7, 11) is 0. The lowest BCUT2D eigenvalue weighted by molar-refractivity contribution is -0.137. The molecule has 0 bridgehead atoms. The Bertz CT molecular complexity index is 1080. The SMILES string of the molecule is CCCn1c(SCC(=O)N2CCN(c3ccccc3)CC2)nc2ccc(C(F)(F)F)cc21. The Hall–Kier alpha value is -2.68. The highest BCUT2D eigenvalue weighted by molar-refractivity contribution is 7.99. The lowest BCUT2D eigenvalue weighted by Gasteiger charge is -2.36. The second kappa shape index (κ2) is 9.44. The molecule has 1 aromatic heterocycles. The van der Waals surface area contributed by atoms with Crippen LogP contribution < -0.4 is 4.90 Å². The molecule has 4 rings (SSSR count). The van der Waals surface area contributed by atoms with Crippen molar-refractivity contribution in [3.05, 3.63) is 54.1 Å². The van der Waals surface area contributed by atoms with E-state index in [4.69, 9.17) is 0 Å². The molecule has 0 spiro atoms. The topological polar surface area (TPSA) is 41.4 Å². The number of nitrogens with zero attached hydrogens (tertiary/aromatic N) is 4. The molecule has 2 aromatic carbocycles. The minimum absolute atomic E-state index is 0.0220. The highest BCUT2D eigenvalue weighted by Crippen LogP contribution is 2.33. The van der Waals surface area contributed by atoms with Gasteiger partial charge in [0.25, 0.3) is 0 Å². The van der Waals surface area contributed by atoms with Crippen LogP contribution in [0.4, 0.5) is 18.9 Å². The van der Waals surface area contributed by atoms with Crippen LogP contribution in [-0.2, 0) is 17.5 Å². The number of fused-ring (bicyclic) bond motifs is 1. The van der Waals surface area contributed by atoms with Crippen molar-refractivity contribution in [2.24, 2.45) is 0 Å². The van der Waals surface area contributed by atoms with Crippen LogP contribution in [0, 0.1) is 0 Å². The van der Waals surface area contributed by atoms with Crippen LogP contribution in [0.25, 0.3) is 11.0 Å². The standard InChI is InChI=1S/C23H25F3N4OS/c1-2-10-30-20-15-17(23(24,25)26)8-9-19(20)27-22(30)32-16-21(31)29-13-11-28(12-14-29)18-6-4-3-5-7-18/h3-9,15H,2,10-14,16H2,1H3. The number of imidazole rings is 1. The Labute approximate surface area is 189 Å². The first kappa shape index (κ1) is 22.5. The second-order valence-electron chi connectivity index (χ2n) is 7.74. The lowest BCUT2D eigenvalue weighted by Crippen LogP contribution is -2.49. The normalized spacial score (nSPS) is 14.9. The van der Waals surface area contributed by atoms with E-state index in [1.165, 1.54) is 17.8 Å². The molecular weight excluding hydrogens is 437 g/mol. The van der Waals surface area contributed by atoms with Crippen molar-refractivity contribution in [1.82, 2.24) is 14.5 Å². The van der Waals surface area contributed by atoms with Gasteiger partial charge in [-0.3, -0.25) is 4.79 Å². The highest BCUT2D eigenvalue weighted by atomic mass is 32.2. The average Bonchev–Trinajstić information content (AvgIpc) is 3.14. The molecule has 32 heavy (non-hydrogen) atoms. The predicted molar refractivity (Wildman–Crippen MR) is 121 cm³/mol. The number of aryl methyl sites for hydroxylation is 1. The van der Waals surface area contributed by atoms with Crippen LogP contribution in [0.15, 0.2) is 53.7 Å². The molecule has 0 aliphatic carbocycles. The van der Waals surface area contributed by atoms with E-state index >= 15 is 0 Å². The van der Waals surface area contributed by atoms with Gasteiger partial charge in [0.05, 0.1) is 22.3 Å². The third-order valence-corrected chi connectivity index (χ3v) is 6.53. The maximum absolute atomic E-state index is 13.1. The molecule has 1 aliphatic rings. The van der Waals surface area contributed by atoms with Crippen LogP contribution in [0.2, 0.25) is 0 Å². The molecule has 170 valence electrons. The Morgan fingerprint density at radius 2 is 1.78 bits per heavy atom. The third-order valence-electron chi connectivity index (χ3n) is 5.57. The van der Waals surface area contributed by atoms with E-state index < -0.39 is 11.7 Å². The Balaban J connectivity index is 1.42. The number of piperazine rings is 1. The molecule has 0 radical (unpaired) electrons. The van der Waals surface area contributed by atoms with Crippen LogP contribution in [0.5, 0.6) is 0 Å². The van der Waals surface area contributed by atoms with Gasteiger partial charge in [0.15, 0.2) is 5.16 Å². The summed E-state index contributed by atoms with van der Waals surface area (Å²) in [5.74, 6) is 0.235. The van der Waals surface area contributed by atoms with Gasteiger partial charge >= 0.3 is 6.18 Å². The average molecular weight is 463 g/mol. The maximum Gasteiger partial charge on any atom is 0.416 e. The largest absolute Gasteiger partial charge is 0.416 e. The van der Waals surface area contributed by atoms with E-state index in [0.717, 1.165) is 37.3 Å². The van der Waals surface area contributed by atoms with Gasteiger partial charge in [-0.05, 0) is 36.8 Å². The summed E-state index contributed by atoms with van der Waals surface area (Å²) in [6, 6.07) is 13.7. The molecule has 0 atom stereocenters. The van der Waals surface area contributed by atoms with Gasteiger partial charge in [-0.2, -0.15) is 13.2 Å². The summed E-state index contributed by atoms with van der Waals surface area (Å²) in [6.45, 7) is 5.35. The molecule has 3 aromatic rings. The van der Waals surface area contributed by atoms with E-state index in [0.29, 0.717) is 35.8 Å². The number of alkyl halides is 3. The summed E-state index contributed by atoms with van der Waals surface area (Å²) in [4.78, 5) is 21.4. The number of thioether (sulfide) groups is 1. The van der Waals surface area contributed by atoms with E-state index in [-0.39, 0.29) is 11.7 Å². The number of hydrogen-bond donors (Lipinski definition) is 0. The van der Waals surface area contributed by atoms with E-state index in [2.05, 4.69) is 22.0 Å². The molecule has 0 unspecified atom stereocenters. The number of anilines is 1. The molecule has 2 heterocycles. The van der Waals surface area contributed by atoms with Gasteiger partial charge in [-0.1, -0.05) is 36.9 Å². The molecule has 1 amide bonds. The van der Waals surface area contributed by atoms with Crippen molar-refractivity contribution >= 4 is 34.4 Å². The van der Waals surface area contributed by atoms with Gasteiger partial charge in [0, 0.05) is 38.4 Å². The number of aromatic nitrogens is 2. The minimum atomic E-state index is -4.40. The zero-order valence-corrected chi connectivity index (χ0v) is 18.6. The second-order valence-corrected chi connectivity index (χ2v) is 8.68. The van der Waals surface area contributed by atoms with Crippen molar-refractivity contribution < 1.29 is 18.0 Å². The molecule has 5 nitrogen and oxygen atoms in total. The fourth-order valence-electron chi connectivity index (χ4n) is 3.90. The lowest BCUT2D eigenvalue weighted by atomic mass is 10.2. The molecule has 9 heteroatoms. The van der Waals surface area contributed by atoms with Gasteiger partial charge in [0.1, 0.15) is 0 Å². The summed E-state index contributed by atoms with van der Waals surface area (Å²) < 4.78 is 41.2. The zero-order valence-electron chi connectivity index (χ0n) is 17.8.